The lowest BCUT2D eigenvalue weighted by molar-refractivity contribution is -0.117. The lowest BCUT2D eigenvalue weighted by atomic mass is 9.99. The van der Waals surface area contributed by atoms with Crippen molar-refractivity contribution < 1.29 is 9.53 Å². The SMILES string of the molecule is COc1ccc2c(c1)CN(CC(=O)Nc1ccc(C(C)C)cc1)CC2. The van der Waals surface area contributed by atoms with E-state index in [-0.39, 0.29) is 5.91 Å². The molecule has 1 aliphatic rings. The maximum Gasteiger partial charge on any atom is 0.238 e. The third-order valence-corrected chi connectivity index (χ3v) is 4.73. The van der Waals surface area contributed by atoms with Gasteiger partial charge in [-0.3, -0.25) is 9.69 Å². The van der Waals surface area contributed by atoms with E-state index in [1.54, 1.807) is 7.11 Å². The van der Waals surface area contributed by atoms with Crippen LogP contribution in [0, 0.1) is 0 Å². The Morgan fingerprint density at radius 2 is 1.92 bits per heavy atom. The second-order valence-electron chi connectivity index (χ2n) is 6.92. The van der Waals surface area contributed by atoms with E-state index in [0.29, 0.717) is 12.5 Å². The van der Waals surface area contributed by atoms with Gasteiger partial charge in [0.2, 0.25) is 5.91 Å². The third-order valence-electron chi connectivity index (χ3n) is 4.73. The van der Waals surface area contributed by atoms with Crippen molar-refractivity contribution in [2.75, 3.05) is 25.5 Å². The summed E-state index contributed by atoms with van der Waals surface area (Å²) in [6, 6.07) is 14.3. The number of amides is 1. The molecule has 0 radical (unpaired) electrons. The van der Waals surface area contributed by atoms with Crippen LogP contribution in [-0.2, 0) is 17.8 Å². The Hall–Kier alpha value is -2.33. The van der Waals surface area contributed by atoms with Crippen LogP contribution in [0.3, 0.4) is 0 Å². The second kappa shape index (κ2) is 7.70. The maximum absolute atomic E-state index is 12.4. The van der Waals surface area contributed by atoms with Crippen LogP contribution in [0.25, 0.3) is 0 Å². The standard InChI is InChI=1S/C21H26N2O2/c1-15(2)16-4-7-19(8-5-16)22-21(24)14-23-11-10-17-6-9-20(25-3)12-18(17)13-23/h4-9,12,15H,10-11,13-14H2,1-3H3,(H,22,24). The molecule has 1 N–H and O–H groups in total. The zero-order valence-corrected chi connectivity index (χ0v) is 15.2. The van der Waals surface area contributed by atoms with Crippen molar-refractivity contribution in [1.29, 1.82) is 0 Å². The first-order chi connectivity index (χ1) is 12.0. The van der Waals surface area contributed by atoms with E-state index >= 15 is 0 Å². The molecule has 0 saturated heterocycles. The minimum Gasteiger partial charge on any atom is -0.497 e. The number of nitrogens with zero attached hydrogens (tertiary/aromatic N) is 1. The number of rotatable bonds is 5. The first-order valence-electron chi connectivity index (χ1n) is 8.83. The normalized spacial score (nSPS) is 14.2. The Morgan fingerprint density at radius 3 is 2.60 bits per heavy atom. The number of fused-ring (bicyclic) bond motifs is 1. The van der Waals surface area contributed by atoms with Crippen molar-refractivity contribution in [3.63, 3.8) is 0 Å². The molecule has 132 valence electrons. The van der Waals surface area contributed by atoms with Gasteiger partial charge >= 0.3 is 0 Å². The van der Waals surface area contributed by atoms with Crippen LogP contribution in [0.4, 0.5) is 5.69 Å². The van der Waals surface area contributed by atoms with Crippen LogP contribution in [-0.4, -0.2) is 31.0 Å². The lowest BCUT2D eigenvalue weighted by Gasteiger charge is -2.28. The lowest BCUT2D eigenvalue weighted by Crippen LogP contribution is -2.37. The maximum atomic E-state index is 12.4. The van der Waals surface area contributed by atoms with Crippen molar-refractivity contribution in [3.8, 4) is 5.75 Å². The Bertz CT molecular complexity index is 738. The van der Waals surface area contributed by atoms with Crippen LogP contribution in [0.5, 0.6) is 5.75 Å². The summed E-state index contributed by atoms with van der Waals surface area (Å²) in [5, 5.41) is 3.00. The number of nitrogens with one attached hydrogen (secondary N) is 1. The number of carbonyl (C=O) groups is 1. The highest BCUT2D eigenvalue weighted by atomic mass is 16.5. The fourth-order valence-corrected chi connectivity index (χ4v) is 3.21. The molecule has 4 heteroatoms. The van der Waals surface area contributed by atoms with Crippen LogP contribution < -0.4 is 10.1 Å². The van der Waals surface area contributed by atoms with Gasteiger partial charge in [-0.2, -0.15) is 0 Å². The van der Waals surface area contributed by atoms with Gasteiger partial charge in [0.15, 0.2) is 0 Å². The van der Waals surface area contributed by atoms with E-state index in [1.165, 1.54) is 16.7 Å². The average Bonchev–Trinajstić information content (AvgIpc) is 2.61. The molecule has 0 fully saturated rings. The molecular weight excluding hydrogens is 312 g/mol. The van der Waals surface area contributed by atoms with Gasteiger partial charge in [-0.25, -0.2) is 0 Å². The zero-order valence-electron chi connectivity index (χ0n) is 15.2. The van der Waals surface area contributed by atoms with Gasteiger partial charge in [-0.05, 0) is 53.3 Å². The molecule has 1 aliphatic heterocycles. The molecule has 2 aromatic rings. The molecular formula is C21H26N2O2. The first-order valence-corrected chi connectivity index (χ1v) is 8.83. The predicted octanol–water partition coefficient (Wildman–Crippen LogP) is 3.82. The summed E-state index contributed by atoms with van der Waals surface area (Å²) in [6.45, 7) is 6.42. The molecule has 4 nitrogen and oxygen atoms in total. The Labute approximate surface area is 149 Å². The Balaban J connectivity index is 1.58. The van der Waals surface area contributed by atoms with E-state index < -0.39 is 0 Å². The Morgan fingerprint density at radius 1 is 1.16 bits per heavy atom. The molecule has 0 unspecified atom stereocenters. The van der Waals surface area contributed by atoms with Crippen molar-refractivity contribution in [2.45, 2.75) is 32.7 Å². The van der Waals surface area contributed by atoms with Gasteiger partial charge in [-0.15, -0.1) is 0 Å². The number of hydrogen-bond acceptors (Lipinski definition) is 3. The summed E-state index contributed by atoms with van der Waals surface area (Å²) in [4.78, 5) is 14.5. The largest absolute Gasteiger partial charge is 0.497 e. The number of ether oxygens (including phenoxy) is 1. The summed E-state index contributed by atoms with van der Waals surface area (Å²) >= 11 is 0. The van der Waals surface area contributed by atoms with E-state index in [0.717, 1.165) is 30.9 Å². The summed E-state index contributed by atoms with van der Waals surface area (Å²) < 4.78 is 5.30. The minimum absolute atomic E-state index is 0.0312. The Kier molecular flexibility index (Phi) is 5.39. The molecule has 0 atom stereocenters. The van der Waals surface area contributed by atoms with Crippen LogP contribution >= 0.6 is 0 Å². The zero-order chi connectivity index (χ0) is 17.8. The smallest absolute Gasteiger partial charge is 0.238 e. The summed E-state index contributed by atoms with van der Waals surface area (Å²) in [5.41, 5.74) is 4.73. The van der Waals surface area contributed by atoms with E-state index in [4.69, 9.17) is 4.74 Å². The van der Waals surface area contributed by atoms with Crippen molar-refractivity contribution >= 4 is 11.6 Å². The third kappa shape index (κ3) is 4.40. The van der Waals surface area contributed by atoms with Crippen LogP contribution in [0.2, 0.25) is 0 Å². The van der Waals surface area contributed by atoms with Crippen molar-refractivity contribution in [1.82, 2.24) is 4.90 Å². The quantitative estimate of drug-likeness (QED) is 0.901. The second-order valence-corrected chi connectivity index (χ2v) is 6.92. The van der Waals surface area contributed by atoms with E-state index in [2.05, 4.69) is 48.3 Å². The topological polar surface area (TPSA) is 41.6 Å². The van der Waals surface area contributed by atoms with Gasteiger partial charge in [-0.1, -0.05) is 32.0 Å². The molecule has 0 aliphatic carbocycles. The highest BCUT2D eigenvalue weighted by Gasteiger charge is 2.19. The molecule has 2 aromatic carbocycles. The fourth-order valence-electron chi connectivity index (χ4n) is 3.21. The van der Waals surface area contributed by atoms with Gasteiger partial charge < -0.3 is 10.1 Å². The highest BCUT2D eigenvalue weighted by Crippen LogP contribution is 2.23. The summed E-state index contributed by atoms with van der Waals surface area (Å²) in [7, 11) is 1.68. The number of benzene rings is 2. The molecule has 1 heterocycles. The first kappa shape index (κ1) is 17.5. The van der Waals surface area contributed by atoms with Crippen molar-refractivity contribution in [2.24, 2.45) is 0 Å². The van der Waals surface area contributed by atoms with Crippen LogP contribution in [0.15, 0.2) is 42.5 Å². The van der Waals surface area contributed by atoms with Crippen molar-refractivity contribution in [3.05, 3.63) is 59.2 Å². The molecule has 25 heavy (non-hydrogen) atoms. The summed E-state index contributed by atoms with van der Waals surface area (Å²) in [6.07, 6.45) is 0.968. The van der Waals surface area contributed by atoms with Gasteiger partial charge in [0.25, 0.3) is 0 Å². The molecule has 0 bridgehead atoms. The predicted molar refractivity (Wildman–Crippen MR) is 101 cm³/mol. The molecule has 0 aromatic heterocycles. The van der Waals surface area contributed by atoms with E-state index in [1.807, 2.05) is 18.2 Å². The monoisotopic (exact) mass is 338 g/mol. The number of carbonyl (C=O) groups excluding carboxylic acids is 1. The number of hydrogen-bond donors (Lipinski definition) is 1. The highest BCUT2D eigenvalue weighted by molar-refractivity contribution is 5.92. The molecule has 1 amide bonds. The number of anilines is 1. The summed E-state index contributed by atoms with van der Waals surface area (Å²) in [5.74, 6) is 1.40. The number of methoxy groups -OCH3 is 1. The molecule has 3 rings (SSSR count). The van der Waals surface area contributed by atoms with Gasteiger partial charge in [0.1, 0.15) is 5.75 Å². The van der Waals surface area contributed by atoms with E-state index in [9.17, 15) is 4.79 Å². The van der Waals surface area contributed by atoms with Crippen LogP contribution in [0.1, 0.15) is 36.5 Å². The van der Waals surface area contributed by atoms with Gasteiger partial charge in [0, 0.05) is 18.8 Å². The molecule has 0 saturated carbocycles. The average molecular weight is 338 g/mol. The molecule has 0 spiro atoms. The minimum atomic E-state index is 0.0312. The van der Waals surface area contributed by atoms with Gasteiger partial charge in [0.05, 0.1) is 13.7 Å². The fraction of sp³-hybridized carbons (Fsp3) is 0.381.